The summed E-state index contributed by atoms with van der Waals surface area (Å²) in [6, 6.07) is 0. The maximum Gasteiger partial charge on any atom is 0.113 e. The van der Waals surface area contributed by atoms with Crippen molar-refractivity contribution in [2.45, 2.75) is 268 Å². The van der Waals surface area contributed by atoms with Crippen molar-refractivity contribution in [2.75, 3.05) is 6.61 Å². The van der Waals surface area contributed by atoms with E-state index in [0.717, 1.165) is 44.9 Å². The Balaban J connectivity index is 2.31. The van der Waals surface area contributed by atoms with Crippen LogP contribution in [0.25, 0.3) is 0 Å². The van der Waals surface area contributed by atoms with E-state index in [-0.39, 0.29) is 6.10 Å². The van der Waals surface area contributed by atoms with E-state index < -0.39 is 55.3 Å². The van der Waals surface area contributed by atoms with E-state index in [4.69, 9.17) is 4.74 Å². The molecule has 0 saturated carbocycles. The first kappa shape index (κ1) is 53.2. The highest BCUT2D eigenvalue weighted by Gasteiger charge is 2.47. The summed E-state index contributed by atoms with van der Waals surface area (Å²) in [5.41, 5.74) is 0. The lowest BCUT2D eigenvalue weighted by Gasteiger charge is -2.43. The molecule has 1 fully saturated rings. The minimum absolute atomic E-state index is 0.337. The molecule has 8 nitrogen and oxygen atoms in total. The van der Waals surface area contributed by atoms with Crippen LogP contribution in [0.15, 0.2) is 24.3 Å². The highest BCUT2D eigenvalue weighted by Crippen LogP contribution is 2.31. The Morgan fingerprint density at radius 3 is 1.45 bits per heavy atom. The SMILES string of the molecule is CCCC/C=C/CCC(O)C/C=C/CCCC(CC(O)CCCCCCCCCCCCCCCCCCCCCCC)C(O)[C@@H]1O[C@H](CO)[C@@H](O)[C@H](O)[C@H]1O. The van der Waals surface area contributed by atoms with Crippen molar-refractivity contribution < 1.29 is 40.5 Å². The Morgan fingerprint density at radius 1 is 0.464 bits per heavy atom. The predicted molar refractivity (Wildman–Crippen MR) is 233 cm³/mol. The molecule has 0 radical (unpaired) electrons. The summed E-state index contributed by atoms with van der Waals surface area (Å²) in [7, 11) is 0. The molecule has 1 heterocycles. The first-order valence-electron chi connectivity index (χ1n) is 23.9. The summed E-state index contributed by atoms with van der Waals surface area (Å²) in [4.78, 5) is 0. The zero-order chi connectivity index (χ0) is 41.1. The molecule has 0 aromatic carbocycles. The second-order valence-corrected chi connectivity index (χ2v) is 17.3. The van der Waals surface area contributed by atoms with Gasteiger partial charge >= 0.3 is 0 Å². The summed E-state index contributed by atoms with van der Waals surface area (Å²) in [5, 5.41) is 73.7. The predicted octanol–water partition coefficient (Wildman–Crippen LogP) is 10.2. The van der Waals surface area contributed by atoms with Crippen LogP contribution in [0, 0.1) is 5.92 Å². The molecule has 0 aromatic heterocycles. The van der Waals surface area contributed by atoms with Crippen LogP contribution in [0.4, 0.5) is 0 Å². The van der Waals surface area contributed by atoms with Gasteiger partial charge in [-0.3, -0.25) is 0 Å². The van der Waals surface area contributed by atoms with Gasteiger partial charge in [-0.25, -0.2) is 0 Å². The van der Waals surface area contributed by atoms with Crippen LogP contribution in [-0.2, 0) is 4.74 Å². The zero-order valence-electron chi connectivity index (χ0n) is 36.4. The molecule has 9 atom stereocenters. The van der Waals surface area contributed by atoms with Crippen molar-refractivity contribution in [1.29, 1.82) is 0 Å². The second kappa shape index (κ2) is 37.2. The molecule has 1 aliphatic heterocycles. The summed E-state index contributed by atoms with van der Waals surface area (Å²) < 4.78 is 5.71. The fourth-order valence-corrected chi connectivity index (χ4v) is 8.22. The molecule has 0 amide bonds. The molecule has 1 aliphatic rings. The summed E-state index contributed by atoms with van der Waals surface area (Å²) >= 11 is 0. The standard InChI is InChI=1S/C48H92O8/c1-3-5-7-9-11-12-13-14-15-16-17-18-19-20-21-22-23-24-25-27-33-37-42(51)38-40(44(52)48-47(55)46(54)45(53)43(39-49)56-48)34-30-28-29-32-36-41(50)35-31-26-10-8-6-4-2/h10,26,29,32,40-55H,3-9,11-25,27-28,30-31,33-39H2,1-2H3/b26-10+,32-29+/t40?,41?,42?,43-,44?,45-,46+,47-,48+/m1/s1. The average molecular weight is 797 g/mol. The molecular weight excluding hydrogens is 705 g/mol. The van der Waals surface area contributed by atoms with E-state index in [1.54, 1.807) is 0 Å². The van der Waals surface area contributed by atoms with Gasteiger partial charge in [0.15, 0.2) is 0 Å². The van der Waals surface area contributed by atoms with Gasteiger partial charge in [0, 0.05) is 0 Å². The first-order valence-corrected chi connectivity index (χ1v) is 23.9. The highest BCUT2D eigenvalue weighted by atomic mass is 16.6. The summed E-state index contributed by atoms with van der Waals surface area (Å²) in [5.74, 6) is -0.403. The van der Waals surface area contributed by atoms with Crippen molar-refractivity contribution in [1.82, 2.24) is 0 Å². The lowest BCUT2D eigenvalue weighted by atomic mass is 9.82. The van der Waals surface area contributed by atoms with E-state index in [1.807, 2.05) is 12.2 Å². The van der Waals surface area contributed by atoms with Gasteiger partial charge in [0.25, 0.3) is 0 Å². The Labute approximate surface area is 344 Å². The quantitative estimate of drug-likeness (QED) is 0.0240. The number of rotatable bonds is 39. The van der Waals surface area contributed by atoms with E-state index in [1.165, 1.54) is 135 Å². The highest BCUT2D eigenvalue weighted by molar-refractivity contribution is 4.97. The molecule has 0 bridgehead atoms. The number of allylic oxidation sites excluding steroid dienone is 3. The van der Waals surface area contributed by atoms with Gasteiger partial charge in [-0.2, -0.15) is 0 Å². The van der Waals surface area contributed by atoms with Crippen molar-refractivity contribution in [3.63, 3.8) is 0 Å². The number of unbranched alkanes of at least 4 members (excludes halogenated alkanes) is 23. The van der Waals surface area contributed by atoms with Crippen LogP contribution in [0.3, 0.4) is 0 Å². The van der Waals surface area contributed by atoms with Crippen molar-refractivity contribution in [3.05, 3.63) is 24.3 Å². The monoisotopic (exact) mass is 797 g/mol. The van der Waals surface area contributed by atoms with Crippen LogP contribution < -0.4 is 0 Å². The van der Waals surface area contributed by atoms with Crippen LogP contribution in [0.5, 0.6) is 0 Å². The molecule has 0 spiro atoms. The molecule has 332 valence electrons. The minimum atomic E-state index is -1.55. The molecule has 0 aliphatic carbocycles. The fourth-order valence-electron chi connectivity index (χ4n) is 8.22. The van der Waals surface area contributed by atoms with Crippen LogP contribution in [-0.4, -0.2) is 91.2 Å². The maximum atomic E-state index is 11.4. The molecule has 1 saturated heterocycles. The zero-order valence-corrected chi connectivity index (χ0v) is 36.4. The topological polar surface area (TPSA) is 151 Å². The van der Waals surface area contributed by atoms with Crippen molar-refractivity contribution in [3.8, 4) is 0 Å². The van der Waals surface area contributed by atoms with Gasteiger partial charge in [-0.15, -0.1) is 0 Å². The third-order valence-corrected chi connectivity index (χ3v) is 12.0. The van der Waals surface area contributed by atoms with E-state index in [9.17, 15) is 35.7 Å². The number of aliphatic hydroxyl groups is 7. The largest absolute Gasteiger partial charge is 0.394 e. The summed E-state index contributed by atoms with van der Waals surface area (Å²) in [6.45, 7) is 3.91. The van der Waals surface area contributed by atoms with E-state index >= 15 is 0 Å². The normalized spacial score (nSPS) is 22.6. The van der Waals surface area contributed by atoms with Crippen LogP contribution in [0.1, 0.15) is 219 Å². The minimum Gasteiger partial charge on any atom is -0.394 e. The number of aliphatic hydroxyl groups excluding tert-OH is 7. The van der Waals surface area contributed by atoms with Gasteiger partial charge in [0.1, 0.15) is 30.5 Å². The number of hydrogen-bond acceptors (Lipinski definition) is 8. The molecule has 4 unspecified atom stereocenters. The number of ether oxygens (including phenoxy) is 1. The van der Waals surface area contributed by atoms with Crippen LogP contribution in [0.2, 0.25) is 0 Å². The van der Waals surface area contributed by atoms with E-state index in [0.29, 0.717) is 25.7 Å². The molecule has 7 N–H and O–H groups in total. The molecular formula is C48H92O8. The van der Waals surface area contributed by atoms with Gasteiger partial charge in [0.2, 0.25) is 0 Å². The van der Waals surface area contributed by atoms with Gasteiger partial charge in [-0.1, -0.05) is 186 Å². The Bertz CT molecular complexity index is 896. The van der Waals surface area contributed by atoms with Crippen molar-refractivity contribution >= 4 is 0 Å². The summed E-state index contributed by atoms with van der Waals surface area (Å²) in [6.07, 6.45) is 36.1. The molecule has 0 aromatic rings. The Morgan fingerprint density at radius 2 is 0.929 bits per heavy atom. The third-order valence-electron chi connectivity index (χ3n) is 12.0. The van der Waals surface area contributed by atoms with Gasteiger partial charge in [-0.05, 0) is 63.7 Å². The molecule has 56 heavy (non-hydrogen) atoms. The lowest BCUT2D eigenvalue weighted by molar-refractivity contribution is -0.255. The van der Waals surface area contributed by atoms with Gasteiger partial charge in [0.05, 0.1) is 24.9 Å². The lowest BCUT2D eigenvalue weighted by Crippen LogP contribution is -2.62. The van der Waals surface area contributed by atoms with Gasteiger partial charge < -0.3 is 40.5 Å². The smallest absolute Gasteiger partial charge is 0.113 e. The average Bonchev–Trinajstić information content (AvgIpc) is 3.19. The second-order valence-electron chi connectivity index (χ2n) is 17.3. The number of hydrogen-bond donors (Lipinski definition) is 7. The first-order chi connectivity index (χ1) is 27.3. The Kier molecular flexibility index (Phi) is 35.3. The van der Waals surface area contributed by atoms with Crippen molar-refractivity contribution in [2.24, 2.45) is 5.92 Å². The fraction of sp³-hybridized carbons (Fsp3) is 0.917. The van der Waals surface area contributed by atoms with Crippen LogP contribution >= 0.6 is 0 Å². The maximum absolute atomic E-state index is 11.4. The Hall–Kier alpha value is -0.840. The van der Waals surface area contributed by atoms with E-state index in [2.05, 4.69) is 26.0 Å². The molecule has 8 heteroatoms. The third kappa shape index (κ3) is 27.0. The molecule has 1 rings (SSSR count).